The van der Waals surface area contributed by atoms with E-state index in [1.165, 1.54) is 6.07 Å². The fourth-order valence-electron chi connectivity index (χ4n) is 2.37. The van der Waals surface area contributed by atoms with Gasteiger partial charge in [-0.05, 0) is 37.3 Å². The lowest BCUT2D eigenvalue weighted by Gasteiger charge is -2.11. The summed E-state index contributed by atoms with van der Waals surface area (Å²) in [4.78, 5) is 24.1. The van der Waals surface area contributed by atoms with Crippen LogP contribution < -0.4 is 10.1 Å². The van der Waals surface area contributed by atoms with Gasteiger partial charge in [0.05, 0.1) is 18.8 Å². The maximum atomic E-state index is 12.0. The molecule has 2 heterocycles. The summed E-state index contributed by atoms with van der Waals surface area (Å²) in [6.45, 7) is 2.29. The molecule has 0 fully saturated rings. The lowest BCUT2D eigenvalue weighted by Crippen LogP contribution is -2.21. The Morgan fingerprint density at radius 3 is 2.81 bits per heavy atom. The average Bonchev–Trinajstić information content (AvgIpc) is 3.34. The highest BCUT2D eigenvalue weighted by Gasteiger charge is 2.15. The van der Waals surface area contributed by atoms with Crippen LogP contribution in [0.25, 0.3) is 0 Å². The first kappa shape index (κ1) is 18.2. The number of hydrogen-bond acceptors (Lipinski definition) is 6. The number of amides is 1. The number of nitrogens with zero attached hydrogens (tertiary/aromatic N) is 2. The van der Waals surface area contributed by atoms with Crippen LogP contribution in [0.15, 0.2) is 59.3 Å². The van der Waals surface area contributed by atoms with Crippen LogP contribution in [0.2, 0.25) is 0 Å². The Labute approximate surface area is 155 Å². The molecule has 3 rings (SSSR count). The third kappa shape index (κ3) is 4.97. The summed E-state index contributed by atoms with van der Waals surface area (Å²) in [5, 5.41) is 6.72. The first-order valence-electron chi connectivity index (χ1n) is 8.40. The molecule has 0 atom stereocenters. The number of para-hydroxylation sites is 2. The Morgan fingerprint density at radius 2 is 2.04 bits per heavy atom. The number of rotatable bonds is 8. The van der Waals surface area contributed by atoms with Crippen molar-refractivity contribution in [2.24, 2.45) is 0 Å². The number of benzene rings is 1. The maximum absolute atomic E-state index is 12.0. The molecule has 2 aromatic heterocycles. The van der Waals surface area contributed by atoms with Crippen LogP contribution in [0, 0.1) is 0 Å². The summed E-state index contributed by atoms with van der Waals surface area (Å²) in [6.07, 6.45) is 3.44. The smallest absolute Gasteiger partial charge is 0.374 e. The molecule has 1 amide bonds. The SMILES string of the molecule is CCOc1ccccc1NC(=O)COC(=O)c1ccc(Cn2cccn2)o1. The predicted molar refractivity (Wildman–Crippen MR) is 96.6 cm³/mol. The van der Waals surface area contributed by atoms with E-state index in [0.717, 1.165) is 0 Å². The molecule has 0 aliphatic heterocycles. The van der Waals surface area contributed by atoms with Crippen LogP contribution >= 0.6 is 0 Å². The Kier molecular flexibility index (Phi) is 5.88. The normalized spacial score (nSPS) is 10.4. The minimum absolute atomic E-state index is 0.0275. The number of aromatic nitrogens is 2. The fourth-order valence-corrected chi connectivity index (χ4v) is 2.37. The highest BCUT2D eigenvalue weighted by Crippen LogP contribution is 2.23. The van der Waals surface area contributed by atoms with Gasteiger partial charge in [0, 0.05) is 12.4 Å². The molecule has 8 nitrogen and oxygen atoms in total. The van der Waals surface area contributed by atoms with Gasteiger partial charge in [-0.3, -0.25) is 9.48 Å². The van der Waals surface area contributed by atoms with Gasteiger partial charge in [-0.15, -0.1) is 0 Å². The number of esters is 1. The largest absolute Gasteiger partial charge is 0.492 e. The zero-order valence-corrected chi connectivity index (χ0v) is 14.8. The molecular formula is C19H19N3O5. The molecule has 0 spiro atoms. The molecule has 0 aliphatic rings. The molecule has 0 bridgehead atoms. The number of anilines is 1. The third-order valence-corrected chi connectivity index (χ3v) is 3.54. The molecule has 0 saturated heterocycles. The van der Waals surface area contributed by atoms with E-state index in [2.05, 4.69) is 10.4 Å². The van der Waals surface area contributed by atoms with Crippen molar-refractivity contribution in [2.75, 3.05) is 18.5 Å². The fraction of sp³-hybridized carbons (Fsp3) is 0.211. The minimum atomic E-state index is -0.713. The van der Waals surface area contributed by atoms with E-state index < -0.39 is 18.5 Å². The maximum Gasteiger partial charge on any atom is 0.374 e. The molecule has 8 heteroatoms. The van der Waals surface area contributed by atoms with Crippen molar-refractivity contribution < 1.29 is 23.5 Å². The Balaban J connectivity index is 1.52. The average molecular weight is 369 g/mol. The molecule has 3 aromatic rings. The van der Waals surface area contributed by atoms with E-state index in [9.17, 15) is 9.59 Å². The predicted octanol–water partition coefficient (Wildman–Crippen LogP) is 2.72. The van der Waals surface area contributed by atoms with Gasteiger partial charge >= 0.3 is 5.97 Å². The van der Waals surface area contributed by atoms with Crippen LogP contribution in [0.3, 0.4) is 0 Å². The van der Waals surface area contributed by atoms with Crippen LogP contribution in [0.4, 0.5) is 5.69 Å². The van der Waals surface area contributed by atoms with E-state index >= 15 is 0 Å². The van der Waals surface area contributed by atoms with Gasteiger partial charge in [-0.2, -0.15) is 5.10 Å². The van der Waals surface area contributed by atoms with Crippen molar-refractivity contribution in [3.8, 4) is 5.75 Å². The molecule has 27 heavy (non-hydrogen) atoms. The van der Waals surface area contributed by atoms with E-state index in [1.807, 2.05) is 6.92 Å². The van der Waals surface area contributed by atoms with Crippen LogP contribution in [0.1, 0.15) is 23.2 Å². The van der Waals surface area contributed by atoms with Crippen molar-refractivity contribution in [2.45, 2.75) is 13.5 Å². The number of carbonyl (C=O) groups is 2. The van der Waals surface area contributed by atoms with Crippen molar-refractivity contribution in [3.05, 3.63) is 66.4 Å². The Hall–Kier alpha value is -3.55. The Morgan fingerprint density at radius 1 is 1.19 bits per heavy atom. The van der Waals surface area contributed by atoms with E-state index in [-0.39, 0.29) is 5.76 Å². The number of furan rings is 1. The second kappa shape index (κ2) is 8.70. The molecule has 0 radical (unpaired) electrons. The summed E-state index contributed by atoms with van der Waals surface area (Å²) >= 11 is 0. The summed E-state index contributed by atoms with van der Waals surface area (Å²) in [5.41, 5.74) is 0.514. The van der Waals surface area contributed by atoms with Gasteiger partial charge < -0.3 is 19.2 Å². The molecule has 0 aliphatic carbocycles. The van der Waals surface area contributed by atoms with Crippen LogP contribution in [-0.4, -0.2) is 34.9 Å². The number of hydrogen-bond donors (Lipinski definition) is 1. The quantitative estimate of drug-likeness (QED) is 0.614. The molecule has 1 N–H and O–H groups in total. The summed E-state index contributed by atoms with van der Waals surface area (Å²) in [6, 6.07) is 12.0. The second-order valence-electron chi connectivity index (χ2n) is 5.52. The van der Waals surface area contributed by atoms with Gasteiger partial charge in [-0.25, -0.2) is 4.79 Å². The monoisotopic (exact) mass is 369 g/mol. The molecule has 140 valence electrons. The van der Waals surface area contributed by atoms with Crippen molar-refractivity contribution in [1.29, 1.82) is 0 Å². The third-order valence-electron chi connectivity index (χ3n) is 3.54. The molecule has 0 saturated carbocycles. The molecule has 1 aromatic carbocycles. The molecule has 0 unspecified atom stereocenters. The first-order chi connectivity index (χ1) is 13.2. The highest BCUT2D eigenvalue weighted by molar-refractivity contribution is 5.95. The lowest BCUT2D eigenvalue weighted by atomic mass is 10.3. The first-order valence-corrected chi connectivity index (χ1v) is 8.40. The van der Waals surface area contributed by atoms with Gasteiger partial charge in [0.25, 0.3) is 5.91 Å². The van der Waals surface area contributed by atoms with E-state index in [1.54, 1.807) is 53.5 Å². The van der Waals surface area contributed by atoms with Crippen molar-refractivity contribution >= 4 is 17.6 Å². The lowest BCUT2D eigenvalue weighted by molar-refractivity contribution is -0.119. The van der Waals surface area contributed by atoms with Crippen molar-refractivity contribution in [3.63, 3.8) is 0 Å². The summed E-state index contributed by atoms with van der Waals surface area (Å²) < 4.78 is 17.5. The minimum Gasteiger partial charge on any atom is -0.492 e. The van der Waals surface area contributed by atoms with Gasteiger partial charge in [0.1, 0.15) is 11.5 Å². The standard InChI is InChI=1S/C19H19N3O5/c1-2-25-16-7-4-3-6-15(16)21-18(23)13-26-19(24)17-9-8-14(27-17)12-22-11-5-10-20-22/h3-11H,2,12-13H2,1H3,(H,21,23). The van der Waals surface area contributed by atoms with Gasteiger partial charge in [0.15, 0.2) is 6.61 Å². The van der Waals surface area contributed by atoms with E-state index in [4.69, 9.17) is 13.9 Å². The molecular weight excluding hydrogens is 350 g/mol. The number of carbonyl (C=O) groups excluding carboxylic acids is 2. The zero-order valence-electron chi connectivity index (χ0n) is 14.8. The van der Waals surface area contributed by atoms with Crippen LogP contribution in [-0.2, 0) is 16.1 Å². The van der Waals surface area contributed by atoms with Gasteiger partial charge in [0.2, 0.25) is 5.76 Å². The van der Waals surface area contributed by atoms with Crippen LogP contribution in [0.5, 0.6) is 5.75 Å². The number of ether oxygens (including phenoxy) is 2. The summed E-state index contributed by atoms with van der Waals surface area (Å²) in [7, 11) is 0. The zero-order chi connectivity index (χ0) is 19.1. The number of nitrogens with one attached hydrogen (secondary N) is 1. The van der Waals surface area contributed by atoms with E-state index in [0.29, 0.717) is 30.3 Å². The topological polar surface area (TPSA) is 95.6 Å². The summed E-state index contributed by atoms with van der Waals surface area (Å²) in [5.74, 6) is -0.0526. The van der Waals surface area contributed by atoms with Gasteiger partial charge in [-0.1, -0.05) is 12.1 Å². The highest BCUT2D eigenvalue weighted by atomic mass is 16.5. The van der Waals surface area contributed by atoms with Crippen molar-refractivity contribution in [1.82, 2.24) is 9.78 Å². The Bertz CT molecular complexity index is 902. The second-order valence-corrected chi connectivity index (χ2v) is 5.52.